The quantitative estimate of drug-likeness (QED) is 0.924. The fourth-order valence-electron chi connectivity index (χ4n) is 2.66. The standard InChI is InChI=1S/C18H20ClN3O2/c1-13-3-2-4-17(21-13)24-16-9-10-22(12-16)18(23)20-11-14-5-7-15(19)8-6-14/h2-8,16H,9-12H2,1H3,(H,20,23)/t16-/m1/s1. The molecule has 2 heterocycles. The molecule has 1 aliphatic heterocycles. The summed E-state index contributed by atoms with van der Waals surface area (Å²) in [5.41, 5.74) is 1.94. The molecule has 2 aromatic rings. The minimum atomic E-state index is -0.0757. The van der Waals surface area contributed by atoms with Crippen LogP contribution >= 0.6 is 11.6 Å². The summed E-state index contributed by atoms with van der Waals surface area (Å²) in [6, 6.07) is 13.1. The number of carbonyl (C=O) groups is 1. The van der Waals surface area contributed by atoms with E-state index in [2.05, 4.69) is 10.3 Å². The highest BCUT2D eigenvalue weighted by molar-refractivity contribution is 6.30. The maximum absolute atomic E-state index is 12.3. The number of amides is 2. The van der Waals surface area contributed by atoms with E-state index < -0.39 is 0 Å². The minimum absolute atomic E-state index is 0.0134. The highest BCUT2D eigenvalue weighted by atomic mass is 35.5. The Kier molecular flexibility index (Phi) is 5.20. The molecule has 5 nitrogen and oxygen atoms in total. The summed E-state index contributed by atoms with van der Waals surface area (Å²) in [5, 5.41) is 3.62. The van der Waals surface area contributed by atoms with Crippen molar-refractivity contribution in [3.8, 4) is 5.88 Å². The number of ether oxygens (including phenoxy) is 1. The van der Waals surface area contributed by atoms with Crippen molar-refractivity contribution >= 4 is 17.6 Å². The lowest BCUT2D eigenvalue weighted by molar-refractivity contribution is 0.183. The zero-order valence-corrected chi connectivity index (χ0v) is 14.3. The van der Waals surface area contributed by atoms with Gasteiger partial charge in [-0.15, -0.1) is 0 Å². The van der Waals surface area contributed by atoms with Gasteiger partial charge < -0.3 is 15.0 Å². The van der Waals surface area contributed by atoms with Crippen LogP contribution in [0.2, 0.25) is 5.02 Å². The average molecular weight is 346 g/mol. The number of nitrogens with zero attached hydrogens (tertiary/aromatic N) is 2. The van der Waals surface area contributed by atoms with Crippen LogP contribution in [0.15, 0.2) is 42.5 Å². The molecule has 0 unspecified atom stereocenters. The van der Waals surface area contributed by atoms with Gasteiger partial charge in [0, 0.05) is 36.3 Å². The third kappa shape index (κ3) is 4.38. The summed E-state index contributed by atoms with van der Waals surface area (Å²) in [7, 11) is 0. The van der Waals surface area contributed by atoms with E-state index in [0.29, 0.717) is 30.5 Å². The molecule has 126 valence electrons. The largest absolute Gasteiger partial charge is 0.472 e. The van der Waals surface area contributed by atoms with Crippen LogP contribution < -0.4 is 10.1 Å². The molecule has 0 spiro atoms. The molecular formula is C18H20ClN3O2. The number of urea groups is 1. The van der Waals surface area contributed by atoms with Crippen LogP contribution in [-0.2, 0) is 6.54 Å². The molecule has 2 amide bonds. The maximum atomic E-state index is 12.3. The first kappa shape index (κ1) is 16.6. The van der Waals surface area contributed by atoms with Gasteiger partial charge in [-0.1, -0.05) is 29.8 Å². The number of hydrogen-bond acceptors (Lipinski definition) is 3. The van der Waals surface area contributed by atoms with Crippen molar-refractivity contribution in [2.45, 2.75) is 26.0 Å². The first-order valence-electron chi connectivity index (χ1n) is 7.98. The molecule has 1 N–H and O–H groups in total. The van der Waals surface area contributed by atoms with E-state index in [1.807, 2.05) is 49.4 Å². The highest BCUT2D eigenvalue weighted by Gasteiger charge is 2.27. The Morgan fingerprint density at radius 2 is 2.12 bits per heavy atom. The number of hydrogen-bond donors (Lipinski definition) is 1. The fraction of sp³-hybridized carbons (Fsp3) is 0.333. The second kappa shape index (κ2) is 7.53. The lowest BCUT2D eigenvalue weighted by atomic mass is 10.2. The fourth-order valence-corrected chi connectivity index (χ4v) is 2.78. The number of rotatable bonds is 4. The molecule has 24 heavy (non-hydrogen) atoms. The van der Waals surface area contributed by atoms with Crippen LogP contribution in [0.3, 0.4) is 0 Å². The number of benzene rings is 1. The van der Waals surface area contributed by atoms with Crippen molar-refractivity contribution in [2.75, 3.05) is 13.1 Å². The van der Waals surface area contributed by atoms with Crippen LogP contribution in [0.25, 0.3) is 0 Å². The van der Waals surface area contributed by atoms with Crippen molar-refractivity contribution in [1.82, 2.24) is 15.2 Å². The summed E-state index contributed by atoms with van der Waals surface area (Å²) < 4.78 is 5.87. The van der Waals surface area contributed by atoms with Crippen LogP contribution in [0, 0.1) is 6.92 Å². The predicted molar refractivity (Wildman–Crippen MR) is 93.3 cm³/mol. The smallest absolute Gasteiger partial charge is 0.317 e. The first-order chi connectivity index (χ1) is 11.6. The number of halogens is 1. The Hall–Kier alpha value is -2.27. The molecule has 0 saturated carbocycles. The Morgan fingerprint density at radius 1 is 1.33 bits per heavy atom. The molecule has 1 aromatic carbocycles. The van der Waals surface area contributed by atoms with Gasteiger partial charge in [-0.3, -0.25) is 0 Å². The van der Waals surface area contributed by atoms with Crippen LogP contribution in [-0.4, -0.2) is 35.1 Å². The zero-order chi connectivity index (χ0) is 16.9. The lowest BCUT2D eigenvalue weighted by Crippen LogP contribution is -2.39. The Balaban J connectivity index is 1.48. The second-order valence-corrected chi connectivity index (χ2v) is 6.31. The average Bonchev–Trinajstić information content (AvgIpc) is 3.03. The number of pyridine rings is 1. The Labute approximate surface area is 146 Å². The third-order valence-corrected chi connectivity index (χ3v) is 4.19. The Morgan fingerprint density at radius 3 is 2.88 bits per heavy atom. The van der Waals surface area contributed by atoms with Gasteiger partial charge in [0.05, 0.1) is 6.54 Å². The summed E-state index contributed by atoms with van der Waals surface area (Å²) in [6.45, 7) is 3.67. The van der Waals surface area contributed by atoms with Gasteiger partial charge in [0.15, 0.2) is 0 Å². The number of carbonyl (C=O) groups excluding carboxylic acids is 1. The third-order valence-electron chi connectivity index (χ3n) is 3.94. The van der Waals surface area contributed by atoms with Gasteiger partial charge in [0.25, 0.3) is 0 Å². The van der Waals surface area contributed by atoms with Crippen molar-refractivity contribution in [1.29, 1.82) is 0 Å². The van der Waals surface area contributed by atoms with Crippen LogP contribution in [0.4, 0.5) is 4.79 Å². The van der Waals surface area contributed by atoms with E-state index in [1.54, 1.807) is 4.90 Å². The van der Waals surface area contributed by atoms with E-state index in [4.69, 9.17) is 16.3 Å². The second-order valence-electron chi connectivity index (χ2n) is 5.88. The molecule has 1 fully saturated rings. The molecule has 1 atom stereocenters. The maximum Gasteiger partial charge on any atom is 0.317 e. The number of likely N-dealkylation sites (tertiary alicyclic amines) is 1. The van der Waals surface area contributed by atoms with Gasteiger partial charge in [0.1, 0.15) is 6.10 Å². The molecular weight excluding hydrogens is 326 g/mol. The van der Waals surface area contributed by atoms with Crippen molar-refractivity contribution < 1.29 is 9.53 Å². The predicted octanol–water partition coefficient (Wildman–Crippen LogP) is 3.41. The number of nitrogens with one attached hydrogen (secondary N) is 1. The van der Waals surface area contributed by atoms with E-state index in [0.717, 1.165) is 17.7 Å². The summed E-state index contributed by atoms with van der Waals surface area (Å²) in [6.07, 6.45) is 0.796. The highest BCUT2D eigenvalue weighted by Crippen LogP contribution is 2.17. The van der Waals surface area contributed by atoms with E-state index in [9.17, 15) is 4.79 Å². The van der Waals surface area contributed by atoms with E-state index in [1.165, 1.54) is 0 Å². The molecule has 3 rings (SSSR count). The van der Waals surface area contributed by atoms with Crippen molar-refractivity contribution in [3.63, 3.8) is 0 Å². The van der Waals surface area contributed by atoms with E-state index >= 15 is 0 Å². The zero-order valence-electron chi connectivity index (χ0n) is 13.5. The molecule has 1 saturated heterocycles. The van der Waals surface area contributed by atoms with Gasteiger partial charge in [-0.2, -0.15) is 0 Å². The van der Waals surface area contributed by atoms with Crippen LogP contribution in [0.1, 0.15) is 17.7 Å². The van der Waals surface area contributed by atoms with Gasteiger partial charge in [0.2, 0.25) is 5.88 Å². The molecule has 0 radical (unpaired) electrons. The summed E-state index contributed by atoms with van der Waals surface area (Å²) in [5.74, 6) is 0.614. The first-order valence-corrected chi connectivity index (χ1v) is 8.35. The summed E-state index contributed by atoms with van der Waals surface area (Å²) in [4.78, 5) is 18.4. The topological polar surface area (TPSA) is 54.5 Å². The number of aromatic nitrogens is 1. The molecule has 0 bridgehead atoms. The minimum Gasteiger partial charge on any atom is -0.472 e. The Bertz CT molecular complexity index is 706. The SMILES string of the molecule is Cc1cccc(O[C@@H]2CCN(C(=O)NCc3ccc(Cl)cc3)C2)n1. The molecule has 1 aliphatic rings. The van der Waals surface area contributed by atoms with Gasteiger partial charge in [-0.05, 0) is 30.7 Å². The normalized spacial score (nSPS) is 16.9. The lowest BCUT2D eigenvalue weighted by Gasteiger charge is -2.18. The van der Waals surface area contributed by atoms with E-state index in [-0.39, 0.29) is 12.1 Å². The molecule has 0 aliphatic carbocycles. The summed E-state index contributed by atoms with van der Waals surface area (Å²) >= 11 is 5.86. The molecule has 1 aromatic heterocycles. The van der Waals surface area contributed by atoms with Crippen molar-refractivity contribution in [2.24, 2.45) is 0 Å². The monoisotopic (exact) mass is 345 g/mol. The molecule has 6 heteroatoms. The van der Waals surface area contributed by atoms with Gasteiger partial charge in [-0.25, -0.2) is 9.78 Å². The van der Waals surface area contributed by atoms with Gasteiger partial charge >= 0.3 is 6.03 Å². The number of aryl methyl sites for hydroxylation is 1. The van der Waals surface area contributed by atoms with Crippen LogP contribution in [0.5, 0.6) is 5.88 Å². The van der Waals surface area contributed by atoms with Crippen molar-refractivity contribution in [3.05, 3.63) is 58.7 Å².